The quantitative estimate of drug-likeness (QED) is 0.755. The molecule has 2 aromatic rings. The lowest BCUT2D eigenvalue weighted by atomic mass is 10.1. The molecule has 1 fully saturated rings. The maximum Gasteiger partial charge on any atom is 0.285 e. The summed E-state index contributed by atoms with van der Waals surface area (Å²) in [6, 6.07) is 15.0. The molecule has 1 atom stereocenters. The Bertz CT molecular complexity index is 895. The molecule has 6 nitrogen and oxygen atoms in total. The standard InChI is InChI=1S/C22H25N3O3S/c1-4-15-5-9-18(10-6-15)25-14-16(13-20(25)26)21(27)23-17-7-11-19(12-8-17)29-22(28)24(2)3/h5-12,16H,4,13-14H2,1-3H3,(H,23,27). The molecule has 2 aromatic carbocycles. The maximum atomic E-state index is 12.6. The molecule has 1 aliphatic rings. The molecule has 0 aromatic heterocycles. The molecule has 29 heavy (non-hydrogen) atoms. The number of hydrogen-bond acceptors (Lipinski definition) is 4. The zero-order valence-corrected chi connectivity index (χ0v) is 17.7. The Balaban J connectivity index is 1.59. The zero-order valence-electron chi connectivity index (χ0n) is 16.8. The van der Waals surface area contributed by atoms with Gasteiger partial charge in [0.2, 0.25) is 11.8 Å². The van der Waals surface area contributed by atoms with Crippen molar-refractivity contribution in [2.75, 3.05) is 30.9 Å². The van der Waals surface area contributed by atoms with Crippen LogP contribution in [0.3, 0.4) is 0 Å². The van der Waals surface area contributed by atoms with E-state index < -0.39 is 5.92 Å². The maximum absolute atomic E-state index is 12.6. The zero-order chi connectivity index (χ0) is 21.0. The van der Waals surface area contributed by atoms with Gasteiger partial charge >= 0.3 is 0 Å². The molecule has 7 heteroatoms. The lowest BCUT2D eigenvalue weighted by Crippen LogP contribution is -2.28. The van der Waals surface area contributed by atoms with Crippen LogP contribution in [-0.4, -0.2) is 42.6 Å². The first-order valence-corrected chi connectivity index (χ1v) is 10.4. The minimum Gasteiger partial charge on any atom is -0.339 e. The number of carbonyl (C=O) groups excluding carboxylic acids is 3. The highest BCUT2D eigenvalue weighted by Gasteiger charge is 2.35. The van der Waals surface area contributed by atoms with Crippen LogP contribution in [0.15, 0.2) is 53.4 Å². The molecule has 0 bridgehead atoms. The summed E-state index contributed by atoms with van der Waals surface area (Å²) in [4.78, 5) is 40.8. The predicted octanol–water partition coefficient (Wildman–Crippen LogP) is 4.01. The van der Waals surface area contributed by atoms with Gasteiger partial charge < -0.3 is 15.1 Å². The SMILES string of the molecule is CCc1ccc(N2CC(C(=O)Nc3ccc(SC(=O)N(C)C)cc3)CC2=O)cc1. The van der Waals surface area contributed by atoms with Gasteiger partial charge in [-0.1, -0.05) is 19.1 Å². The number of anilines is 2. The van der Waals surface area contributed by atoms with E-state index in [1.165, 1.54) is 10.5 Å². The Labute approximate surface area is 175 Å². The molecule has 3 rings (SSSR count). The molecular weight excluding hydrogens is 386 g/mol. The molecule has 1 aliphatic heterocycles. The summed E-state index contributed by atoms with van der Waals surface area (Å²) in [5.41, 5.74) is 2.69. The van der Waals surface area contributed by atoms with Crippen LogP contribution in [0.4, 0.5) is 16.2 Å². The minimum absolute atomic E-state index is 0.0386. The Kier molecular flexibility index (Phi) is 6.59. The van der Waals surface area contributed by atoms with E-state index in [9.17, 15) is 14.4 Å². The summed E-state index contributed by atoms with van der Waals surface area (Å²) in [6.45, 7) is 2.46. The van der Waals surface area contributed by atoms with Crippen LogP contribution in [0.25, 0.3) is 0 Å². The summed E-state index contributed by atoms with van der Waals surface area (Å²) in [7, 11) is 3.41. The largest absolute Gasteiger partial charge is 0.339 e. The van der Waals surface area contributed by atoms with Crippen LogP contribution in [0.1, 0.15) is 18.9 Å². The van der Waals surface area contributed by atoms with Gasteiger partial charge in [-0.05, 0) is 60.1 Å². The van der Waals surface area contributed by atoms with Crippen molar-refractivity contribution in [3.8, 4) is 0 Å². The van der Waals surface area contributed by atoms with E-state index in [-0.39, 0.29) is 23.5 Å². The van der Waals surface area contributed by atoms with E-state index in [1.807, 2.05) is 24.3 Å². The second-order valence-corrected chi connectivity index (χ2v) is 8.23. The van der Waals surface area contributed by atoms with Crippen LogP contribution in [0, 0.1) is 5.92 Å². The average molecular weight is 412 g/mol. The van der Waals surface area contributed by atoms with Gasteiger partial charge in [0.05, 0.1) is 5.92 Å². The molecule has 0 saturated carbocycles. The lowest BCUT2D eigenvalue weighted by Gasteiger charge is -2.17. The monoisotopic (exact) mass is 411 g/mol. The molecule has 152 valence electrons. The molecule has 3 amide bonds. The highest BCUT2D eigenvalue weighted by Crippen LogP contribution is 2.27. The number of thioether (sulfide) groups is 1. The number of aryl methyl sites for hydroxylation is 1. The number of rotatable bonds is 5. The van der Waals surface area contributed by atoms with Crippen molar-refractivity contribution < 1.29 is 14.4 Å². The van der Waals surface area contributed by atoms with Crippen LogP contribution in [-0.2, 0) is 16.0 Å². The summed E-state index contributed by atoms with van der Waals surface area (Å²) >= 11 is 1.13. The number of nitrogens with one attached hydrogen (secondary N) is 1. The summed E-state index contributed by atoms with van der Waals surface area (Å²) in [5.74, 6) is -0.600. The third-order valence-electron chi connectivity index (χ3n) is 4.84. The lowest BCUT2D eigenvalue weighted by molar-refractivity contribution is -0.122. The third-order valence-corrected chi connectivity index (χ3v) is 5.89. The summed E-state index contributed by atoms with van der Waals surface area (Å²) < 4.78 is 0. The Hall–Kier alpha value is -2.80. The van der Waals surface area contributed by atoms with Crippen LogP contribution >= 0.6 is 11.8 Å². The Morgan fingerprint density at radius 3 is 2.34 bits per heavy atom. The number of carbonyl (C=O) groups is 3. The van der Waals surface area contributed by atoms with Crippen molar-refractivity contribution in [1.29, 1.82) is 0 Å². The first-order chi connectivity index (χ1) is 13.9. The van der Waals surface area contributed by atoms with Gasteiger partial charge in [0.25, 0.3) is 5.24 Å². The fourth-order valence-electron chi connectivity index (χ4n) is 3.09. The normalized spacial score (nSPS) is 16.0. The van der Waals surface area contributed by atoms with E-state index in [0.717, 1.165) is 28.8 Å². The van der Waals surface area contributed by atoms with Gasteiger partial charge in [-0.2, -0.15) is 0 Å². The first-order valence-electron chi connectivity index (χ1n) is 9.56. The molecule has 1 heterocycles. The number of benzene rings is 2. The van der Waals surface area contributed by atoms with Crippen LogP contribution < -0.4 is 10.2 Å². The molecule has 0 spiro atoms. The predicted molar refractivity (Wildman–Crippen MR) is 116 cm³/mol. The minimum atomic E-state index is -0.391. The fourth-order valence-corrected chi connectivity index (χ4v) is 3.74. The van der Waals surface area contributed by atoms with E-state index in [1.54, 1.807) is 43.3 Å². The average Bonchev–Trinajstić information content (AvgIpc) is 3.11. The van der Waals surface area contributed by atoms with Gasteiger partial charge in [-0.3, -0.25) is 14.4 Å². The summed E-state index contributed by atoms with van der Waals surface area (Å²) in [5, 5.41) is 2.82. The van der Waals surface area contributed by atoms with Crippen molar-refractivity contribution in [2.24, 2.45) is 5.92 Å². The highest BCUT2D eigenvalue weighted by atomic mass is 32.2. The Morgan fingerprint density at radius 1 is 1.10 bits per heavy atom. The smallest absolute Gasteiger partial charge is 0.285 e. The number of amides is 3. The van der Waals surface area contributed by atoms with Crippen molar-refractivity contribution in [3.05, 3.63) is 54.1 Å². The molecule has 0 radical (unpaired) electrons. The second-order valence-electron chi connectivity index (χ2n) is 7.20. The van der Waals surface area contributed by atoms with Crippen LogP contribution in [0.2, 0.25) is 0 Å². The first kappa shape index (κ1) is 20.9. The third kappa shape index (κ3) is 5.17. The van der Waals surface area contributed by atoms with E-state index >= 15 is 0 Å². The van der Waals surface area contributed by atoms with Gasteiger partial charge in [0, 0.05) is 43.3 Å². The number of hydrogen-bond donors (Lipinski definition) is 1. The van der Waals surface area contributed by atoms with Crippen molar-refractivity contribution in [2.45, 2.75) is 24.7 Å². The van der Waals surface area contributed by atoms with Crippen molar-refractivity contribution in [1.82, 2.24) is 4.90 Å². The van der Waals surface area contributed by atoms with Crippen molar-refractivity contribution >= 4 is 40.2 Å². The van der Waals surface area contributed by atoms with Gasteiger partial charge in [0.1, 0.15) is 0 Å². The topological polar surface area (TPSA) is 69.7 Å². The fraction of sp³-hybridized carbons (Fsp3) is 0.318. The molecule has 0 aliphatic carbocycles. The van der Waals surface area contributed by atoms with E-state index in [0.29, 0.717) is 12.2 Å². The van der Waals surface area contributed by atoms with E-state index in [2.05, 4.69) is 12.2 Å². The van der Waals surface area contributed by atoms with Crippen molar-refractivity contribution in [3.63, 3.8) is 0 Å². The Morgan fingerprint density at radius 2 is 1.76 bits per heavy atom. The van der Waals surface area contributed by atoms with Gasteiger partial charge in [0.15, 0.2) is 0 Å². The highest BCUT2D eigenvalue weighted by molar-refractivity contribution is 8.13. The second kappa shape index (κ2) is 9.13. The molecule has 1 saturated heterocycles. The van der Waals surface area contributed by atoms with Gasteiger partial charge in [-0.15, -0.1) is 0 Å². The summed E-state index contributed by atoms with van der Waals surface area (Å²) in [6.07, 6.45) is 1.15. The van der Waals surface area contributed by atoms with Gasteiger partial charge in [-0.25, -0.2) is 0 Å². The molecule has 1 unspecified atom stereocenters. The van der Waals surface area contributed by atoms with Crippen LogP contribution in [0.5, 0.6) is 0 Å². The molecule has 1 N–H and O–H groups in total. The van der Waals surface area contributed by atoms with E-state index in [4.69, 9.17) is 0 Å². The molecular formula is C22H25N3O3S. The number of nitrogens with zero attached hydrogens (tertiary/aromatic N) is 2.